The highest BCUT2D eigenvalue weighted by atomic mass is 32.2. The minimum atomic E-state index is -3.49. The quantitative estimate of drug-likeness (QED) is 0.624. The molecule has 0 unspecified atom stereocenters. The highest BCUT2D eigenvalue weighted by molar-refractivity contribution is 7.91. The van der Waals surface area contributed by atoms with Crippen molar-refractivity contribution in [2.45, 2.75) is 12.7 Å². The number of carbonyl (C=O) groups is 1. The number of hydrogen-bond donors (Lipinski definition) is 0. The number of anilines is 1. The van der Waals surface area contributed by atoms with Crippen molar-refractivity contribution in [1.29, 1.82) is 0 Å². The predicted molar refractivity (Wildman–Crippen MR) is 117 cm³/mol. The summed E-state index contributed by atoms with van der Waals surface area (Å²) in [5.74, 6) is -0.868. The molecular weight excluding hydrogens is 406 g/mol. The molecule has 1 saturated heterocycles. The van der Waals surface area contributed by atoms with Crippen molar-refractivity contribution in [2.24, 2.45) is 0 Å². The third-order valence-electron chi connectivity index (χ3n) is 5.01. The van der Waals surface area contributed by atoms with Gasteiger partial charge in [0.05, 0.1) is 16.0 Å². The Morgan fingerprint density at radius 3 is 2.52 bits per heavy atom. The summed E-state index contributed by atoms with van der Waals surface area (Å²) in [5, 5.41) is 0.953. The highest BCUT2D eigenvalue weighted by Crippen LogP contribution is 2.30. The number of carbonyl (C=O) groups excluding carboxylic acids is 1. The van der Waals surface area contributed by atoms with Gasteiger partial charge in [-0.25, -0.2) is 13.4 Å². The first-order valence-corrected chi connectivity index (χ1v) is 12.2. The molecule has 1 amide bonds. The number of benzene rings is 2. The van der Waals surface area contributed by atoms with Crippen LogP contribution in [0.4, 0.5) is 5.13 Å². The van der Waals surface area contributed by atoms with Crippen LogP contribution in [0.5, 0.6) is 0 Å². The lowest BCUT2D eigenvalue weighted by Gasteiger charge is -2.34. The van der Waals surface area contributed by atoms with Crippen LogP contribution in [-0.2, 0) is 20.4 Å². The molecule has 8 heteroatoms. The van der Waals surface area contributed by atoms with E-state index in [1.165, 1.54) is 5.56 Å². The second kappa shape index (κ2) is 8.12. The van der Waals surface area contributed by atoms with Crippen molar-refractivity contribution >= 4 is 42.4 Å². The molecule has 0 radical (unpaired) electrons. The molecule has 3 aromatic rings. The van der Waals surface area contributed by atoms with Gasteiger partial charge in [-0.2, -0.15) is 0 Å². The van der Waals surface area contributed by atoms with Gasteiger partial charge >= 0.3 is 0 Å². The number of aromatic nitrogens is 1. The van der Waals surface area contributed by atoms with E-state index >= 15 is 0 Å². The molecule has 0 aliphatic carbocycles. The topological polar surface area (TPSA) is 70.6 Å². The average molecular weight is 430 g/mol. The molecule has 2 heterocycles. The molecular formula is C21H23N3O3S2. The number of hydrogen-bond acceptors (Lipinski definition) is 6. The smallest absolute Gasteiger partial charge is 0.237 e. The van der Waals surface area contributed by atoms with Crippen LogP contribution in [0.2, 0.25) is 0 Å². The molecule has 152 valence electrons. The van der Waals surface area contributed by atoms with Crippen molar-refractivity contribution < 1.29 is 13.2 Å². The van der Waals surface area contributed by atoms with Gasteiger partial charge in [0, 0.05) is 26.2 Å². The Morgan fingerprint density at radius 2 is 1.79 bits per heavy atom. The van der Waals surface area contributed by atoms with Crippen molar-refractivity contribution in [1.82, 2.24) is 9.88 Å². The lowest BCUT2D eigenvalue weighted by molar-refractivity contribution is -0.128. The maximum atomic E-state index is 12.5. The highest BCUT2D eigenvalue weighted by Gasteiger charge is 2.26. The third kappa shape index (κ3) is 4.76. The molecule has 0 N–H and O–H groups in total. The van der Waals surface area contributed by atoms with Crippen molar-refractivity contribution in [3.63, 3.8) is 0 Å². The summed E-state index contributed by atoms with van der Waals surface area (Å²) in [6, 6.07) is 15.2. The van der Waals surface area contributed by atoms with Crippen LogP contribution < -0.4 is 4.90 Å². The Bertz CT molecular complexity index is 1120. The van der Waals surface area contributed by atoms with E-state index < -0.39 is 15.6 Å². The minimum absolute atomic E-state index is 0.106. The second-order valence-electron chi connectivity index (χ2n) is 7.35. The van der Waals surface area contributed by atoms with Gasteiger partial charge in [-0.3, -0.25) is 4.79 Å². The zero-order valence-corrected chi connectivity index (χ0v) is 17.9. The van der Waals surface area contributed by atoms with E-state index in [1.54, 1.807) is 40.5 Å². The molecule has 1 aliphatic heterocycles. The van der Waals surface area contributed by atoms with E-state index in [2.05, 4.69) is 24.0 Å². The summed E-state index contributed by atoms with van der Waals surface area (Å²) in [5.41, 5.74) is 2.90. The number of nitrogens with zero attached hydrogens (tertiary/aromatic N) is 3. The lowest BCUT2D eigenvalue weighted by Crippen LogP contribution is -2.50. The van der Waals surface area contributed by atoms with Crippen LogP contribution in [0.3, 0.4) is 0 Å². The van der Waals surface area contributed by atoms with Crippen LogP contribution in [0.1, 0.15) is 11.1 Å². The first-order chi connectivity index (χ1) is 13.9. The van der Waals surface area contributed by atoms with E-state index in [9.17, 15) is 13.2 Å². The normalized spacial score (nSPS) is 15.1. The van der Waals surface area contributed by atoms with Crippen molar-refractivity contribution in [2.75, 3.05) is 36.8 Å². The molecule has 0 bridgehead atoms. The number of fused-ring (bicyclic) bond motifs is 1. The first-order valence-electron chi connectivity index (χ1n) is 9.54. The summed E-state index contributed by atoms with van der Waals surface area (Å²) in [6.45, 7) is 4.39. The molecule has 1 fully saturated rings. The van der Waals surface area contributed by atoms with E-state index in [1.807, 2.05) is 12.1 Å². The summed E-state index contributed by atoms with van der Waals surface area (Å²) in [4.78, 5) is 21.1. The Hall–Kier alpha value is -2.45. The monoisotopic (exact) mass is 429 g/mol. The minimum Gasteiger partial charge on any atom is -0.345 e. The predicted octanol–water partition coefficient (Wildman–Crippen LogP) is 2.87. The van der Waals surface area contributed by atoms with Crippen LogP contribution in [0, 0.1) is 6.92 Å². The number of aryl methyl sites for hydroxylation is 1. The molecule has 0 atom stereocenters. The first kappa shape index (κ1) is 19.8. The van der Waals surface area contributed by atoms with Gasteiger partial charge < -0.3 is 9.80 Å². The van der Waals surface area contributed by atoms with Crippen LogP contribution >= 0.6 is 11.3 Å². The second-order valence-corrected chi connectivity index (χ2v) is 10.4. The van der Waals surface area contributed by atoms with Gasteiger partial charge in [0.25, 0.3) is 0 Å². The van der Waals surface area contributed by atoms with E-state index in [4.69, 9.17) is 4.98 Å². The molecule has 4 rings (SSSR count). The maximum Gasteiger partial charge on any atom is 0.237 e. The summed E-state index contributed by atoms with van der Waals surface area (Å²) in [6.07, 6.45) is 0. The molecule has 1 aliphatic rings. The third-order valence-corrected chi connectivity index (χ3v) is 7.55. The molecule has 6 nitrogen and oxygen atoms in total. The molecule has 29 heavy (non-hydrogen) atoms. The van der Waals surface area contributed by atoms with Crippen LogP contribution in [0.25, 0.3) is 10.2 Å². The molecule has 0 saturated carbocycles. The fraction of sp³-hybridized carbons (Fsp3) is 0.333. The lowest BCUT2D eigenvalue weighted by atomic mass is 10.2. The van der Waals surface area contributed by atoms with Gasteiger partial charge in [-0.1, -0.05) is 47.7 Å². The number of rotatable bonds is 5. The SMILES string of the molecule is Cc1ccc2nc(N3CCN(C(=O)CS(=O)(=O)Cc4ccccc4)CC3)sc2c1. The van der Waals surface area contributed by atoms with Crippen molar-refractivity contribution in [3.8, 4) is 0 Å². The zero-order chi connectivity index (χ0) is 20.4. The van der Waals surface area contributed by atoms with Crippen molar-refractivity contribution in [3.05, 3.63) is 59.7 Å². The van der Waals surface area contributed by atoms with Gasteiger partial charge in [0.1, 0.15) is 5.75 Å². The van der Waals surface area contributed by atoms with E-state index in [0.717, 1.165) is 15.3 Å². The largest absolute Gasteiger partial charge is 0.345 e. The Morgan fingerprint density at radius 1 is 1.07 bits per heavy atom. The van der Waals surface area contributed by atoms with Gasteiger partial charge in [-0.15, -0.1) is 0 Å². The van der Waals surface area contributed by atoms with Gasteiger partial charge in [-0.05, 0) is 30.2 Å². The summed E-state index contributed by atoms with van der Waals surface area (Å²) < 4.78 is 26.0. The average Bonchev–Trinajstić information content (AvgIpc) is 3.11. The number of amides is 1. The fourth-order valence-electron chi connectivity index (χ4n) is 3.46. The van der Waals surface area contributed by atoms with E-state index in [0.29, 0.717) is 31.7 Å². The summed E-state index contributed by atoms with van der Waals surface area (Å²) in [7, 11) is -3.49. The maximum absolute atomic E-state index is 12.5. The van der Waals surface area contributed by atoms with Crippen LogP contribution in [0.15, 0.2) is 48.5 Å². The molecule has 2 aromatic carbocycles. The van der Waals surface area contributed by atoms with Gasteiger partial charge in [0.15, 0.2) is 15.0 Å². The fourth-order valence-corrected chi connectivity index (χ4v) is 5.94. The molecule has 1 aromatic heterocycles. The van der Waals surface area contributed by atoms with E-state index in [-0.39, 0.29) is 11.7 Å². The standard InChI is InChI=1S/C21H23N3O3S2/c1-16-7-8-18-19(13-16)28-21(22-18)24-11-9-23(10-12-24)20(25)15-29(26,27)14-17-5-3-2-4-6-17/h2-8,13H,9-12,14-15H2,1H3. The molecule has 0 spiro atoms. The Labute approximate surface area is 174 Å². The number of thiazole rings is 1. The Kier molecular flexibility index (Phi) is 5.56. The number of piperazine rings is 1. The van der Waals surface area contributed by atoms with Gasteiger partial charge in [0.2, 0.25) is 5.91 Å². The number of sulfone groups is 1. The van der Waals surface area contributed by atoms with Crippen LogP contribution in [-0.4, -0.2) is 56.1 Å². The zero-order valence-electron chi connectivity index (χ0n) is 16.2. The summed E-state index contributed by atoms with van der Waals surface area (Å²) >= 11 is 1.65. The Balaban J connectivity index is 1.35.